The molecule has 0 bridgehead atoms. The van der Waals surface area contributed by atoms with Gasteiger partial charge in [-0.2, -0.15) is 0 Å². The van der Waals surface area contributed by atoms with Crippen molar-refractivity contribution < 1.29 is 89.4 Å². The zero-order chi connectivity index (χ0) is 59.7. The molecule has 3 heterocycles. The van der Waals surface area contributed by atoms with Gasteiger partial charge in [-0.05, 0) is 25.7 Å². The molecule has 1 amide bonds. The van der Waals surface area contributed by atoms with Gasteiger partial charge in [0.2, 0.25) is 5.91 Å². The van der Waals surface area contributed by atoms with Crippen molar-refractivity contribution >= 4 is 5.91 Å². The summed E-state index contributed by atoms with van der Waals surface area (Å²) in [5.74, 6) is -0.286. The molecular weight excluding hydrogens is 1060 g/mol. The van der Waals surface area contributed by atoms with E-state index in [0.717, 1.165) is 38.5 Å². The maximum Gasteiger partial charge on any atom is 0.220 e. The van der Waals surface area contributed by atoms with Crippen LogP contribution >= 0.6 is 0 Å². The Bertz CT molecular complexity index is 1590. The monoisotopic (exact) mass is 1180 g/mol. The third-order valence-corrected chi connectivity index (χ3v) is 16.5. The Morgan fingerprint density at radius 3 is 1.20 bits per heavy atom. The maximum atomic E-state index is 13.3. The highest BCUT2D eigenvalue weighted by molar-refractivity contribution is 5.76. The van der Waals surface area contributed by atoms with E-state index in [1.54, 1.807) is 6.08 Å². The van der Waals surface area contributed by atoms with Crippen molar-refractivity contribution in [3.05, 3.63) is 24.3 Å². The van der Waals surface area contributed by atoms with Crippen LogP contribution < -0.4 is 5.32 Å². The molecule has 0 aliphatic carbocycles. The number of allylic oxidation sites excluding steroid dienone is 3. The molecule has 0 aromatic heterocycles. The van der Waals surface area contributed by atoms with Gasteiger partial charge in [-0.1, -0.05) is 231 Å². The van der Waals surface area contributed by atoms with Crippen LogP contribution in [-0.2, 0) is 33.2 Å². The maximum absolute atomic E-state index is 13.3. The lowest BCUT2D eigenvalue weighted by Gasteiger charge is -2.48. The fourth-order valence-electron chi connectivity index (χ4n) is 11.2. The smallest absolute Gasteiger partial charge is 0.220 e. The fraction of sp³-hybridized carbons (Fsp3) is 0.921. The third kappa shape index (κ3) is 29.3. The number of nitrogens with one attached hydrogen (secondary N) is 1. The number of unbranched alkanes of at least 4 members (excludes halogenated alkanes) is 31. The van der Waals surface area contributed by atoms with Crippen LogP contribution in [0.3, 0.4) is 0 Å². The van der Waals surface area contributed by atoms with Crippen molar-refractivity contribution in [2.45, 2.75) is 343 Å². The predicted octanol–water partition coefficient (Wildman–Crippen LogP) is 7.10. The number of rotatable bonds is 49. The Morgan fingerprint density at radius 1 is 0.427 bits per heavy atom. The van der Waals surface area contributed by atoms with Crippen molar-refractivity contribution in [3.63, 3.8) is 0 Å². The Balaban J connectivity index is 1.32. The van der Waals surface area contributed by atoms with Crippen LogP contribution in [0.25, 0.3) is 0 Å². The molecule has 0 aromatic rings. The lowest BCUT2D eigenvalue weighted by molar-refractivity contribution is -0.379. The molecule has 0 radical (unpaired) electrons. The van der Waals surface area contributed by atoms with E-state index in [1.807, 2.05) is 6.08 Å². The second-order valence-electron chi connectivity index (χ2n) is 23.6. The van der Waals surface area contributed by atoms with E-state index in [4.69, 9.17) is 28.4 Å². The van der Waals surface area contributed by atoms with E-state index in [0.29, 0.717) is 12.8 Å². The molecule has 3 fully saturated rings. The molecule has 3 rings (SSSR count). The van der Waals surface area contributed by atoms with Crippen LogP contribution in [0.1, 0.15) is 239 Å². The standard InChI is InChI=1S/C63H117NO18/c1-3-5-7-9-11-12-13-14-15-16-17-18-19-20-21-22-23-24-25-26-27-28-29-30-31-32-33-35-37-39-41-51(69)64-46(47(68)40-38-36-34-10-8-6-4-2)45-77-61-57(75)54(72)59(49(43-66)79-61)82-63-58(76)55(73)60(50(44-67)80-63)81-62-56(74)53(71)52(70)48(42-65)78-62/h8,10,38,40,46-50,52-63,65-68,70-76H,3-7,9,11-37,39,41-45H2,1-2H3,(H,64,69)/b10-8+,40-38+. The van der Waals surface area contributed by atoms with E-state index < -0.39 is 124 Å². The fourth-order valence-corrected chi connectivity index (χ4v) is 11.2. The second-order valence-corrected chi connectivity index (χ2v) is 23.6. The van der Waals surface area contributed by atoms with Crippen LogP contribution in [0, 0.1) is 0 Å². The van der Waals surface area contributed by atoms with Crippen LogP contribution in [-0.4, -0.2) is 193 Å². The predicted molar refractivity (Wildman–Crippen MR) is 314 cm³/mol. The SMILES string of the molecule is CCC/C=C/CC/C=C/C(O)C(COC1OC(CO)C(OC2OC(CO)C(OC3OC(CO)C(O)C(O)C3O)C(O)C2O)C(O)C1O)NC(=O)CCCCCCCCCCCCCCCCCCCCCCCCCCCCCCCC. The number of carbonyl (C=O) groups is 1. The number of amides is 1. The highest BCUT2D eigenvalue weighted by atomic mass is 16.8. The molecule has 82 heavy (non-hydrogen) atoms. The molecule has 0 aromatic carbocycles. The highest BCUT2D eigenvalue weighted by Gasteiger charge is 2.53. The summed E-state index contributed by atoms with van der Waals surface area (Å²) in [7, 11) is 0. The summed E-state index contributed by atoms with van der Waals surface area (Å²) in [4.78, 5) is 13.3. The Hall–Kier alpha value is -1.73. The summed E-state index contributed by atoms with van der Waals surface area (Å²) in [6.07, 6.45) is 23.9. The average Bonchev–Trinajstić information content (AvgIpc) is 3.57. The molecule has 12 N–H and O–H groups in total. The molecule has 482 valence electrons. The van der Waals surface area contributed by atoms with E-state index in [9.17, 15) is 61.0 Å². The lowest BCUT2D eigenvalue weighted by atomic mass is 9.96. The van der Waals surface area contributed by atoms with Gasteiger partial charge in [0, 0.05) is 6.42 Å². The highest BCUT2D eigenvalue weighted by Crippen LogP contribution is 2.33. The van der Waals surface area contributed by atoms with E-state index in [-0.39, 0.29) is 18.9 Å². The molecule has 17 atom stereocenters. The van der Waals surface area contributed by atoms with Crippen LogP contribution in [0.4, 0.5) is 0 Å². The summed E-state index contributed by atoms with van der Waals surface area (Å²) in [5, 5.41) is 120. The molecule has 3 saturated heterocycles. The third-order valence-electron chi connectivity index (χ3n) is 16.5. The Morgan fingerprint density at radius 2 is 0.780 bits per heavy atom. The van der Waals surface area contributed by atoms with Gasteiger partial charge in [0.25, 0.3) is 0 Å². The van der Waals surface area contributed by atoms with Gasteiger partial charge in [0.15, 0.2) is 18.9 Å². The number of carbonyl (C=O) groups excluding carboxylic acids is 1. The van der Waals surface area contributed by atoms with Crippen LogP contribution in [0.15, 0.2) is 24.3 Å². The molecule has 17 unspecified atom stereocenters. The molecule has 0 spiro atoms. The van der Waals surface area contributed by atoms with Gasteiger partial charge >= 0.3 is 0 Å². The molecule has 19 nitrogen and oxygen atoms in total. The van der Waals surface area contributed by atoms with Gasteiger partial charge in [0.05, 0.1) is 38.6 Å². The van der Waals surface area contributed by atoms with Crippen molar-refractivity contribution in [2.75, 3.05) is 26.4 Å². The zero-order valence-corrected chi connectivity index (χ0v) is 50.5. The number of ether oxygens (including phenoxy) is 6. The van der Waals surface area contributed by atoms with Gasteiger partial charge < -0.3 is 89.9 Å². The minimum absolute atomic E-state index is 0.239. The quantitative estimate of drug-likeness (QED) is 0.0213. The van der Waals surface area contributed by atoms with Crippen LogP contribution in [0.2, 0.25) is 0 Å². The van der Waals surface area contributed by atoms with Gasteiger partial charge in [0.1, 0.15) is 73.2 Å². The first-order chi connectivity index (χ1) is 39.8. The average molecular weight is 1180 g/mol. The number of hydrogen-bond acceptors (Lipinski definition) is 18. The topological polar surface area (TPSA) is 307 Å². The number of aliphatic hydroxyl groups excluding tert-OH is 11. The number of aliphatic hydroxyl groups is 11. The van der Waals surface area contributed by atoms with Crippen molar-refractivity contribution in [3.8, 4) is 0 Å². The van der Waals surface area contributed by atoms with E-state index >= 15 is 0 Å². The zero-order valence-electron chi connectivity index (χ0n) is 50.5. The van der Waals surface area contributed by atoms with Crippen molar-refractivity contribution in [1.29, 1.82) is 0 Å². The summed E-state index contributed by atoms with van der Waals surface area (Å²) in [6.45, 7) is 1.60. The Kier molecular flexibility index (Phi) is 42.2. The van der Waals surface area contributed by atoms with Gasteiger partial charge in [-0.25, -0.2) is 0 Å². The molecule has 0 saturated carbocycles. The first-order valence-electron chi connectivity index (χ1n) is 32.6. The largest absolute Gasteiger partial charge is 0.394 e. The molecule has 3 aliphatic rings. The van der Waals surface area contributed by atoms with Crippen molar-refractivity contribution in [2.24, 2.45) is 0 Å². The van der Waals surface area contributed by atoms with Gasteiger partial charge in [-0.3, -0.25) is 4.79 Å². The Labute approximate surface area is 492 Å². The van der Waals surface area contributed by atoms with Crippen LogP contribution in [0.5, 0.6) is 0 Å². The van der Waals surface area contributed by atoms with Crippen molar-refractivity contribution in [1.82, 2.24) is 5.32 Å². The molecule has 3 aliphatic heterocycles. The summed E-state index contributed by atoms with van der Waals surface area (Å²) >= 11 is 0. The molecular formula is C63H117NO18. The normalized spacial score (nSPS) is 29.7. The number of hydrogen-bond donors (Lipinski definition) is 12. The minimum atomic E-state index is -1.98. The van der Waals surface area contributed by atoms with E-state index in [1.165, 1.54) is 167 Å². The first-order valence-corrected chi connectivity index (χ1v) is 32.6. The lowest BCUT2D eigenvalue weighted by Crippen LogP contribution is -2.66. The summed E-state index contributed by atoms with van der Waals surface area (Å²) in [6, 6.07) is -0.983. The summed E-state index contributed by atoms with van der Waals surface area (Å²) in [5.41, 5.74) is 0. The summed E-state index contributed by atoms with van der Waals surface area (Å²) < 4.78 is 34.1. The van der Waals surface area contributed by atoms with E-state index in [2.05, 4.69) is 31.3 Å². The van der Waals surface area contributed by atoms with Gasteiger partial charge in [-0.15, -0.1) is 0 Å². The second kappa shape index (κ2) is 46.4. The minimum Gasteiger partial charge on any atom is -0.394 e. The first kappa shape index (κ1) is 74.5. The molecule has 19 heteroatoms.